The molecule has 3 heterocycles. The summed E-state index contributed by atoms with van der Waals surface area (Å²) in [5, 5.41) is 0. The molecule has 0 aromatic heterocycles. The van der Waals surface area contributed by atoms with Gasteiger partial charge >= 0.3 is 6.36 Å². The highest BCUT2D eigenvalue weighted by Gasteiger charge is 2.33. The maximum atomic E-state index is 13.1. The molecule has 0 radical (unpaired) electrons. The molecule has 5 rings (SSSR count). The van der Waals surface area contributed by atoms with E-state index in [2.05, 4.69) is 26.7 Å². The van der Waals surface area contributed by atoms with Crippen LogP contribution in [0.3, 0.4) is 0 Å². The van der Waals surface area contributed by atoms with Gasteiger partial charge in [-0.1, -0.05) is 18.2 Å². The van der Waals surface area contributed by atoms with Crippen molar-refractivity contribution in [2.24, 2.45) is 0 Å². The molecule has 9 heteroatoms. The summed E-state index contributed by atoms with van der Waals surface area (Å²) < 4.78 is 46.6. The van der Waals surface area contributed by atoms with Gasteiger partial charge in [0.15, 0.2) is 0 Å². The number of nitrogens with zero attached hydrogens (tertiary/aromatic N) is 3. The number of benzene rings is 2. The first-order valence-corrected chi connectivity index (χ1v) is 10.8. The number of hydrogen-bond donors (Lipinski definition) is 0. The Morgan fingerprint density at radius 3 is 2.48 bits per heavy atom. The Labute approximate surface area is 189 Å². The van der Waals surface area contributed by atoms with Gasteiger partial charge in [0.1, 0.15) is 11.5 Å². The van der Waals surface area contributed by atoms with Crippen molar-refractivity contribution in [1.29, 1.82) is 0 Å². The summed E-state index contributed by atoms with van der Waals surface area (Å²) in [6.45, 7) is 4.51. The zero-order chi connectivity index (χ0) is 23.2. The summed E-state index contributed by atoms with van der Waals surface area (Å²) in [4.78, 5) is 19.5. The fourth-order valence-electron chi connectivity index (χ4n) is 4.76. The Morgan fingerprint density at radius 2 is 1.76 bits per heavy atom. The lowest BCUT2D eigenvalue weighted by Gasteiger charge is -2.37. The second-order valence-corrected chi connectivity index (χ2v) is 8.43. The number of fused-ring (bicyclic) bond motifs is 2. The van der Waals surface area contributed by atoms with Crippen molar-refractivity contribution < 1.29 is 27.4 Å². The third kappa shape index (κ3) is 4.31. The molecule has 0 bridgehead atoms. The minimum atomic E-state index is -4.73. The Morgan fingerprint density at radius 1 is 1.00 bits per heavy atom. The van der Waals surface area contributed by atoms with Crippen LogP contribution in [0.4, 0.5) is 18.9 Å². The standard InChI is InChI=1S/C24H24F3N3O3/c1-32-21-12-19(29-10-9-28-8-2-3-18(28)15-29)11-17-14-30(23(31)22(17)21)13-16-4-6-20(7-5-16)33-24(25,26)27/h3-7,11-12H,2,8-10,13-15H2,1H3. The van der Waals surface area contributed by atoms with E-state index >= 15 is 0 Å². The molecule has 0 unspecified atom stereocenters. The van der Waals surface area contributed by atoms with Crippen LogP contribution in [-0.2, 0) is 13.1 Å². The lowest BCUT2D eigenvalue weighted by Crippen LogP contribution is -2.43. The molecule has 0 N–H and O–H groups in total. The zero-order valence-electron chi connectivity index (χ0n) is 18.2. The molecular formula is C24H24F3N3O3. The van der Waals surface area contributed by atoms with Gasteiger partial charge in [-0.05, 0) is 35.7 Å². The molecule has 1 fully saturated rings. The number of amides is 1. The first-order valence-electron chi connectivity index (χ1n) is 10.8. The summed E-state index contributed by atoms with van der Waals surface area (Å²) in [6.07, 6.45) is -1.36. The Balaban J connectivity index is 1.33. The average Bonchev–Trinajstić information content (AvgIpc) is 3.37. The quantitative estimate of drug-likeness (QED) is 0.672. The molecule has 174 valence electrons. The van der Waals surface area contributed by atoms with Crippen molar-refractivity contribution in [2.75, 3.05) is 38.2 Å². The van der Waals surface area contributed by atoms with Crippen molar-refractivity contribution >= 4 is 11.6 Å². The lowest BCUT2D eigenvalue weighted by molar-refractivity contribution is -0.274. The van der Waals surface area contributed by atoms with E-state index in [4.69, 9.17) is 4.74 Å². The number of anilines is 1. The van der Waals surface area contributed by atoms with Crippen LogP contribution in [0.15, 0.2) is 48.2 Å². The number of carbonyl (C=O) groups is 1. The normalized spacial score (nSPS) is 17.8. The monoisotopic (exact) mass is 459 g/mol. The van der Waals surface area contributed by atoms with E-state index in [0.29, 0.717) is 23.4 Å². The third-order valence-corrected chi connectivity index (χ3v) is 6.32. The van der Waals surface area contributed by atoms with Crippen LogP contribution in [0, 0.1) is 0 Å². The number of halogens is 3. The van der Waals surface area contributed by atoms with Gasteiger partial charge < -0.3 is 24.2 Å². The molecule has 3 aliphatic rings. The van der Waals surface area contributed by atoms with Gasteiger partial charge in [0.05, 0.1) is 19.2 Å². The van der Waals surface area contributed by atoms with Crippen LogP contribution >= 0.6 is 0 Å². The summed E-state index contributed by atoms with van der Waals surface area (Å²) in [5.41, 5.74) is 4.54. The molecule has 2 aromatic carbocycles. The fourth-order valence-corrected chi connectivity index (χ4v) is 4.76. The predicted octanol–water partition coefficient (Wildman–Crippen LogP) is 4.16. The van der Waals surface area contributed by atoms with E-state index in [1.807, 2.05) is 6.07 Å². The highest BCUT2D eigenvalue weighted by atomic mass is 19.4. The Kier molecular flexibility index (Phi) is 5.34. The average molecular weight is 459 g/mol. The molecule has 33 heavy (non-hydrogen) atoms. The first kappa shape index (κ1) is 21.5. The van der Waals surface area contributed by atoms with Crippen molar-refractivity contribution in [1.82, 2.24) is 9.80 Å². The molecule has 2 aromatic rings. The maximum Gasteiger partial charge on any atom is 0.573 e. The molecule has 0 aliphatic carbocycles. The van der Waals surface area contributed by atoms with Crippen LogP contribution in [0.25, 0.3) is 0 Å². The van der Waals surface area contributed by atoms with Crippen molar-refractivity contribution in [3.63, 3.8) is 0 Å². The minimum Gasteiger partial charge on any atom is -0.496 e. The van der Waals surface area contributed by atoms with Crippen molar-refractivity contribution in [2.45, 2.75) is 25.9 Å². The number of hydrogen-bond acceptors (Lipinski definition) is 5. The van der Waals surface area contributed by atoms with Crippen molar-refractivity contribution in [3.05, 3.63) is 64.9 Å². The highest BCUT2D eigenvalue weighted by Crippen LogP contribution is 2.37. The van der Waals surface area contributed by atoms with E-state index < -0.39 is 6.36 Å². The smallest absolute Gasteiger partial charge is 0.496 e. The number of ether oxygens (including phenoxy) is 2. The SMILES string of the molecule is COc1cc(N2CCN3CCC=C3C2)cc2c1C(=O)N(Cc1ccc(OC(F)(F)F)cc1)C2. The van der Waals surface area contributed by atoms with Gasteiger partial charge in [-0.25, -0.2) is 0 Å². The minimum absolute atomic E-state index is 0.146. The topological polar surface area (TPSA) is 45.2 Å². The first-order chi connectivity index (χ1) is 15.8. The van der Waals surface area contributed by atoms with E-state index in [9.17, 15) is 18.0 Å². The molecule has 6 nitrogen and oxygen atoms in total. The molecule has 3 aliphatic heterocycles. The number of alkyl halides is 3. The van der Waals surface area contributed by atoms with Crippen LogP contribution < -0.4 is 14.4 Å². The van der Waals surface area contributed by atoms with Crippen molar-refractivity contribution in [3.8, 4) is 11.5 Å². The molecule has 0 saturated carbocycles. The van der Waals surface area contributed by atoms with E-state index in [1.165, 1.54) is 30.0 Å². The van der Waals surface area contributed by atoms with Crippen LogP contribution in [0.2, 0.25) is 0 Å². The molecule has 1 saturated heterocycles. The fraction of sp³-hybridized carbons (Fsp3) is 0.375. The summed E-state index contributed by atoms with van der Waals surface area (Å²) in [5.74, 6) is 0.116. The number of piperazine rings is 1. The number of methoxy groups -OCH3 is 1. The van der Waals surface area contributed by atoms with Crippen LogP contribution in [-0.4, -0.2) is 55.4 Å². The summed E-state index contributed by atoms with van der Waals surface area (Å²) in [6, 6.07) is 9.57. The van der Waals surface area contributed by atoms with E-state index in [0.717, 1.165) is 43.9 Å². The van der Waals surface area contributed by atoms with Crippen LogP contribution in [0.1, 0.15) is 27.9 Å². The van der Waals surface area contributed by atoms with Gasteiger partial charge in [0.25, 0.3) is 5.91 Å². The molecule has 1 amide bonds. The van der Waals surface area contributed by atoms with Gasteiger partial charge in [-0.3, -0.25) is 4.79 Å². The summed E-state index contributed by atoms with van der Waals surface area (Å²) in [7, 11) is 1.56. The Bertz CT molecular complexity index is 1100. The molecule has 0 spiro atoms. The largest absolute Gasteiger partial charge is 0.573 e. The van der Waals surface area contributed by atoms with Gasteiger partial charge in [-0.15, -0.1) is 13.2 Å². The van der Waals surface area contributed by atoms with Gasteiger partial charge in [-0.2, -0.15) is 0 Å². The van der Waals surface area contributed by atoms with E-state index in [1.54, 1.807) is 12.0 Å². The van der Waals surface area contributed by atoms with Gasteiger partial charge in [0, 0.05) is 50.2 Å². The number of rotatable bonds is 5. The van der Waals surface area contributed by atoms with E-state index in [-0.39, 0.29) is 18.2 Å². The summed E-state index contributed by atoms with van der Waals surface area (Å²) >= 11 is 0. The second kappa shape index (κ2) is 8.20. The maximum absolute atomic E-state index is 13.1. The molecular weight excluding hydrogens is 435 g/mol. The third-order valence-electron chi connectivity index (χ3n) is 6.32. The van der Waals surface area contributed by atoms with Gasteiger partial charge in [0.2, 0.25) is 0 Å². The van der Waals surface area contributed by atoms with Crippen LogP contribution in [0.5, 0.6) is 11.5 Å². The predicted molar refractivity (Wildman–Crippen MR) is 116 cm³/mol. The highest BCUT2D eigenvalue weighted by molar-refractivity contribution is 6.01. The second-order valence-electron chi connectivity index (χ2n) is 8.43. The molecule has 0 atom stereocenters. The zero-order valence-corrected chi connectivity index (χ0v) is 18.2. The lowest BCUT2D eigenvalue weighted by atomic mass is 10.1. The number of carbonyl (C=O) groups excluding carboxylic acids is 1. The Hall–Kier alpha value is -3.36.